The highest BCUT2D eigenvalue weighted by molar-refractivity contribution is 5.81. The van der Waals surface area contributed by atoms with Crippen molar-refractivity contribution in [2.75, 3.05) is 18.0 Å². The Hall–Kier alpha value is -1.58. The molecule has 4 heteroatoms. The summed E-state index contributed by atoms with van der Waals surface area (Å²) in [7, 11) is 0. The summed E-state index contributed by atoms with van der Waals surface area (Å²) in [5.41, 5.74) is 1.08. The fourth-order valence-electron chi connectivity index (χ4n) is 3.02. The highest BCUT2D eigenvalue weighted by Crippen LogP contribution is 2.37. The fraction of sp³-hybridized carbons (Fsp3) is 0.647. The number of amides is 1. The topological polar surface area (TPSA) is 45.2 Å². The van der Waals surface area contributed by atoms with Crippen molar-refractivity contribution in [3.05, 3.63) is 23.9 Å². The van der Waals surface area contributed by atoms with E-state index in [4.69, 9.17) is 0 Å². The molecule has 1 saturated carbocycles. The van der Waals surface area contributed by atoms with Gasteiger partial charge in [-0.2, -0.15) is 0 Å². The molecule has 0 aromatic carbocycles. The van der Waals surface area contributed by atoms with Crippen molar-refractivity contribution in [1.82, 2.24) is 10.3 Å². The largest absolute Gasteiger partial charge is 0.357 e. The lowest BCUT2D eigenvalue weighted by Crippen LogP contribution is -2.26. The minimum atomic E-state index is 0.194. The second kappa shape index (κ2) is 6.46. The summed E-state index contributed by atoms with van der Waals surface area (Å²) in [6.45, 7) is 4.95. The summed E-state index contributed by atoms with van der Waals surface area (Å²) < 4.78 is 0. The molecule has 4 nitrogen and oxygen atoms in total. The maximum Gasteiger partial charge on any atom is 0.223 e. The number of anilines is 1. The first kappa shape index (κ1) is 14.4. The predicted octanol–water partition coefficient (Wildman–Crippen LogP) is 2.73. The predicted molar refractivity (Wildman–Crippen MR) is 84.0 cm³/mol. The summed E-state index contributed by atoms with van der Waals surface area (Å²) in [6, 6.07) is 4.18. The quantitative estimate of drug-likeness (QED) is 0.926. The summed E-state index contributed by atoms with van der Waals surface area (Å²) in [6.07, 6.45) is 8.13. The molecular formula is C17H25N3O. The summed E-state index contributed by atoms with van der Waals surface area (Å²) >= 11 is 0. The van der Waals surface area contributed by atoms with Crippen molar-refractivity contribution in [2.24, 2.45) is 11.8 Å². The van der Waals surface area contributed by atoms with E-state index in [9.17, 15) is 4.79 Å². The van der Waals surface area contributed by atoms with Crippen LogP contribution in [0.2, 0.25) is 0 Å². The Morgan fingerprint density at radius 3 is 2.57 bits per heavy atom. The molecule has 1 aromatic rings. The van der Waals surface area contributed by atoms with Crippen LogP contribution in [0.5, 0.6) is 0 Å². The van der Waals surface area contributed by atoms with E-state index in [0.717, 1.165) is 30.9 Å². The monoisotopic (exact) mass is 287 g/mol. The van der Waals surface area contributed by atoms with Gasteiger partial charge in [0.25, 0.3) is 0 Å². The van der Waals surface area contributed by atoms with E-state index in [1.807, 2.05) is 6.20 Å². The van der Waals surface area contributed by atoms with Crippen LogP contribution >= 0.6 is 0 Å². The number of nitrogens with zero attached hydrogens (tertiary/aromatic N) is 2. The van der Waals surface area contributed by atoms with E-state index in [1.54, 1.807) is 0 Å². The molecule has 21 heavy (non-hydrogen) atoms. The molecular weight excluding hydrogens is 262 g/mol. The van der Waals surface area contributed by atoms with E-state index in [1.165, 1.54) is 25.7 Å². The standard InChI is InChI=1S/C17H25N3O/c1-13-10-15(13)17(21)19-12-14-6-7-16(18-11-14)20-8-4-2-3-5-9-20/h6-7,11,13,15H,2-5,8-10,12H2,1H3,(H,19,21)/t13-,15+/m1/s1. The molecule has 1 aliphatic carbocycles. The molecule has 114 valence electrons. The van der Waals surface area contributed by atoms with Crippen molar-refractivity contribution >= 4 is 11.7 Å². The minimum Gasteiger partial charge on any atom is -0.357 e. The SMILES string of the molecule is C[C@@H]1C[C@@H]1C(=O)NCc1ccc(N2CCCCCC2)nc1. The van der Waals surface area contributed by atoms with Crippen LogP contribution in [0, 0.1) is 11.8 Å². The number of nitrogens with one attached hydrogen (secondary N) is 1. The van der Waals surface area contributed by atoms with Gasteiger partial charge in [-0.15, -0.1) is 0 Å². The van der Waals surface area contributed by atoms with Crippen LogP contribution in [0.15, 0.2) is 18.3 Å². The van der Waals surface area contributed by atoms with E-state index in [-0.39, 0.29) is 11.8 Å². The molecule has 1 N–H and O–H groups in total. The summed E-state index contributed by atoms with van der Waals surface area (Å²) in [4.78, 5) is 18.8. The second-order valence-electron chi connectivity index (χ2n) is 6.46. The maximum absolute atomic E-state index is 11.8. The van der Waals surface area contributed by atoms with E-state index >= 15 is 0 Å². The smallest absolute Gasteiger partial charge is 0.223 e. The van der Waals surface area contributed by atoms with Crippen LogP contribution in [-0.2, 0) is 11.3 Å². The Balaban J connectivity index is 1.52. The average molecular weight is 287 g/mol. The van der Waals surface area contributed by atoms with Crippen molar-refractivity contribution in [3.63, 3.8) is 0 Å². The zero-order valence-electron chi connectivity index (χ0n) is 12.8. The molecule has 2 heterocycles. The molecule has 0 radical (unpaired) electrons. The van der Waals surface area contributed by atoms with Crippen LogP contribution in [0.25, 0.3) is 0 Å². The van der Waals surface area contributed by atoms with Gasteiger partial charge < -0.3 is 10.2 Å². The molecule has 0 bridgehead atoms. The first-order chi connectivity index (χ1) is 10.2. The molecule has 2 atom stereocenters. The number of hydrogen-bond donors (Lipinski definition) is 1. The number of hydrogen-bond acceptors (Lipinski definition) is 3. The second-order valence-corrected chi connectivity index (χ2v) is 6.46. The summed E-state index contributed by atoms with van der Waals surface area (Å²) in [5.74, 6) is 2.07. The van der Waals surface area contributed by atoms with Crippen molar-refractivity contribution in [1.29, 1.82) is 0 Å². The van der Waals surface area contributed by atoms with Gasteiger partial charge in [-0.25, -0.2) is 4.98 Å². The van der Waals surface area contributed by atoms with Gasteiger partial charge in [0.05, 0.1) is 0 Å². The number of aromatic nitrogens is 1. The van der Waals surface area contributed by atoms with Crippen LogP contribution in [0.1, 0.15) is 44.6 Å². The van der Waals surface area contributed by atoms with Gasteiger partial charge in [0.2, 0.25) is 5.91 Å². The van der Waals surface area contributed by atoms with Crippen molar-refractivity contribution in [2.45, 2.75) is 45.6 Å². The van der Waals surface area contributed by atoms with Gasteiger partial charge in [-0.3, -0.25) is 4.79 Å². The van der Waals surface area contributed by atoms with E-state index in [2.05, 4.69) is 34.3 Å². The number of carbonyl (C=O) groups excluding carboxylic acids is 1. The zero-order valence-corrected chi connectivity index (χ0v) is 12.8. The molecule has 0 unspecified atom stereocenters. The van der Waals surface area contributed by atoms with Gasteiger partial charge in [0.1, 0.15) is 5.82 Å². The molecule has 2 fully saturated rings. The Labute approximate surface area is 126 Å². The Kier molecular flexibility index (Phi) is 4.42. The van der Waals surface area contributed by atoms with Crippen LogP contribution in [0.4, 0.5) is 5.82 Å². The van der Waals surface area contributed by atoms with E-state index < -0.39 is 0 Å². The number of carbonyl (C=O) groups is 1. The molecule has 0 spiro atoms. The number of pyridine rings is 1. The van der Waals surface area contributed by atoms with Gasteiger partial charge in [0.15, 0.2) is 0 Å². The first-order valence-corrected chi connectivity index (χ1v) is 8.21. The lowest BCUT2D eigenvalue weighted by Gasteiger charge is -2.21. The third-order valence-corrected chi connectivity index (χ3v) is 4.65. The van der Waals surface area contributed by atoms with Gasteiger partial charge in [0, 0.05) is 31.7 Å². The third-order valence-electron chi connectivity index (χ3n) is 4.65. The average Bonchev–Trinajstić information content (AvgIpc) is 3.28. The Morgan fingerprint density at radius 1 is 1.29 bits per heavy atom. The lowest BCUT2D eigenvalue weighted by molar-refractivity contribution is -0.122. The Morgan fingerprint density at radius 2 is 2.00 bits per heavy atom. The highest BCUT2D eigenvalue weighted by atomic mass is 16.2. The molecule has 3 rings (SSSR count). The molecule has 1 amide bonds. The van der Waals surface area contributed by atoms with Gasteiger partial charge in [-0.1, -0.05) is 25.8 Å². The molecule has 1 aliphatic heterocycles. The highest BCUT2D eigenvalue weighted by Gasteiger charge is 2.38. The first-order valence-electron chi connectivity index (χ1n) is 8.21. The molecule has 1 aromatic heterocycles. The maximum atomic E-state index is 11.8. The molecule has 1 saturated heterocycles. The fourth-order valence-corrected chi connectivity index (χ4v) is 3.02. The number of rotatable bonds is 4. The van der Waals surface area contributed by atoms with Crippen LogP contribution < -0.4 is 10.2 Å². The zero-order chi connectivity index (χ0) is 14.7. The van der Waals surface area contributed by atoms with E-state index in [0.29, 0.717) is 12.5 Å². The van der Waals surface area contributed by atoms with Crippen LogP contribution in [-0.4, -0.2) is 24.0 Å². The lowest BCUT2D eigenvalue weighted by atomic mass is 10.2. The van der Waals surface area contributed by atoms with Gasteiger partial charge >= 0.3 is 0 Å². The van der Waals surface area contributed by atoms with Crippen molar-refractivity contribution in [3.8, 4) is 0 Å². The van der Waals surface area contributed by atoms with Crippen molar-refractivity contribution < 1.29 is 4.79 Å². The molecule has 2 aliphatic rings. The summed E-state index contributed by atoms with van der Waals surface area (Å²) in [5, 5.41) is 3.01. The normalized spacial score (nSPS) is 25.3. The van der Waals surface area contributed by atoms with Gasteiger partial charge in [-0.05, 0) is 36.8 Å². The third kappa shape index (κ3) is 3.74. The van der Waals surface area contributed by atoms with Crippen LogP contribution in [0.3, 0.4) is 0 Å². The Bertz CT molecular complexity index is 477. The minimum absolute atomic E-state index is 0.194.